The van der Waals surface area contributed by atoms with Gasteiger partial charge in [-0.25, -0.2) is 4.39 Å². The Morgan fingerprint density at radius 2 is 1.74 bits per heavy atom. The first-order valence-electron chi connectivity index (χ1n) is 6.04. The molecule has 2 aromatic carbocycles. The van der Waals surface area contributed by atoms with Crippen molar-refractivity contribution in [3.63, 3.8) is 0 Å². The summed E-state index contributed by atoms with van der Waals surface area (Å²) in [5.74, 6) is -1.23. The van der Waals surface area contributed by atoms with Crippen LogP contribution in [0.3, 0.4) is 0 Å². The number of aliphatic hydroxyl groups is 1. The lowest BCUT2D eigenvalue weighted by Gasteiger charge is -2.20. The van der Waals surface area contributed by atoms with Gasteiger partial charge in [0.05, 0.1) is 12.1 Å². The zero-order valence-corrected chi connectivity index (χ0v) is 10.3. The maximum atomic E-state index is 13.2. The van der Waals surface area contributed by atoms with Crippen molar-refractivity contribution in [3.05, 3.63) is 65.5 Å². The van der Waals surface area contributed by atoms with Gasteiger partial charge in [-0.15, -0.1) is 0 Å². The molecule has 0 unspecified atom stereocenters. The Kier molecular flexibility index (Phi) is 4.14. The van der Waals surface area contributed by atoms with Crippen LogP contribution in [0.15, 0.2) is 48.5 Å². The molecule has 0 fully saturated rings. The van der Waals surface area contributed by atoms with Gasteiger partial charge < -0.3 is 15.9 Å². The summed E-state index contributed by atoms with van der Waals surface area (Å²) in [5.41, 5.74) is 7.02. The molecule has 0 spiro atoms. The summed E-state index contributed by atoms with van der Waals surface area (Å²) in [4.78, 5) is 0. The summed E-state index contributed by atoms with van der Waals surface area (Å²) in [5, 5.41) is 19.7. The van der Waals surface area contributed by atoms with Crippen LogP contribution >= 0.6 is 0 Å². The molecule has 0 amide bonds. The Labute approximate surface area is 111 Å². The molecule has 0 aromatic heterocycles. The second kappa shape index (κ2) is 5.82. The van der Waals surface area contributed by atoms with Crippen LogP contribution in [-0.4, -0.2) is 16.3 Å². The Morgan fingerprint density at radius 1 is 1.05 bits per heavy atom. The summed E-state index contributed by atoms with van der Waals surface area (Å²) >= 11 is 0. The monoisotopic (exact) mass is 261 g/mol. The van der Waals surface area contributed by atoms with Crippen molar-refractivity contribution in [3.8, 4) is 5.75 Å². The number of benzene rings is 2. The van der Waals surface area contributed by atoms with Crippen molar-refractivity contribution in [2.45, 2.75) is 18.6 Å². The predicted octanol–water partition coefficient (Wildman–Crippen LogP) is 2.13. The SMILES string of the molecule is N[C@H](c1cccc(F)c1O)[C@@H](O)Cc1ccccc1. The molecule has 0 saturated carbocycles. The van der Waals surface area contributed by atoms with Gasteiger partial charge in [0.15, 0.2) is 11.6 Å². The number of rotatable bonds is 4. The van der Waals surface area contributed by atoms with E-state index in [0.717, 1.165) is 11.6 Å². The average molecular weight is 261 g/mol. The van der Waals surface area contributed by atoms with Crippen LogP contribution < -0.4 is 5.73 Å². The van der Waals surface area contributed by atoms with Crippen LogP contribution in [0.5, 0.6) is 5.75 Å². The van der Waals surface area contributed by atoms with E-state index in [9.17, 15) is 14.6 Å². The van der Waals surface area contributed by atoms with Crippen molar-refractivity contribution >= 4 is 0 Å². The minimum absolute atomic E-state index is 0.212. The molecular formula is C15H16FNO2. The van der Waals surface area contributed by atoms with Crippen molar-refractivity contribution < 1.29 is 14.6 Å². The number of phenols is 1. The van der Waals surface area contributed by atoms with Crippen molar-refractivity contribution in [1.29, 1.82) is 0 Å². The van der Waals surface area contributed by atoms with Crippen LogP contribution in [0.4, 0.5) is 4.39 Å². The molecule has 100 valence electrons. The topological polar surface area (TPSA) is 66.5 Å². The van der Waals surface area contributed by atoms with Crippen LogP contribution in [-0.2, 0) is 6.42 Å². The van der Waals surface area contributed by atoms with E-state index in [2.05, 4.69) is 0 Å². The van der Waals surface area contributed by atoms with E-state index in [1.54, 1.807) is 0 Å². The molecule has 4 heteroatoms. The van der Waals surface area contributed by atoms with E-state index < -0.39 is 23.7 Å². The van der Waals surface area contributed by atoms with Gasteiger partial charge in [0.25, 0.3) is 0 Å². The van der Waals surface area contributed by atoms with E-state index in [1.807, 2.05) is 30.3 Å². The first kappa shape index (κ1) is 13.5. The van der Waals surface area contributed by atoms with E-state index in [4.69, 9.17) is 5.73 Å². The van der Waals surface area contributed by atoms with Crippen molar-refractivity contribution in [1.82, 2.24) is 0 Å². The Hall–Kier alpha value is -1.91. The second-order valence-electron chi connectivity index (χ2n) is 4.46. The fourth-order valence-corrected chi connectivity index (χ4v) is 1.99. The number of phenolic OH excluding ortho intramolecular Hbond substituents is 1. The Bertz CT molecular complexity index is 545. The van der Waals surface area contributed by atoms with E-state index in [-0.39, 0.29) is 5.56 Å². The molecule has 0 heterocycles. The minimum Gasteiger partial charge on any atom is -0.505 e. The zero-order chi connectivity index (χ0) is 13.8. The number of hydrogen-bond acceptors (Lipinski definition) is 3. The molecule has 3 nitrogen and oxygen atoms in total. The Balaban J connectivity index is 2.15. The predicted molar refractivity (Wildman–Crippen MR) is 71.1 cm³/mol. The van der Waals surface area contributed by atoms with Gasteiger partial charge in [-0.2, -0.15) is 0 Å². The van der Waals surface area contributed by atoms with Crippen LogP contribution in [0.1, 0.15) is 17.2 Å². The minimum atomic E-state index is -0.893. The first-order chi connectivity index (χ1) is 9.09. The number of para-hydroxylation sites is 1. The van der Waals surface area contributed by atoms with E-state index in [1.165, 1.54) is 12.1 Å². The smallest absolute Gasteiger partial charge is 0.165 e. The maximum Gasteiger partial charge on any atom is 0.165 e. The molecule has 2 aromatic rings. The summed E-state index contributed by atoms with van der Waals surface area (Å²) in [6.07, 6.45) is -0.548. The third kappa shape index (κ3) is 3.10. The lowest BCUT2D eigenvalue weighted by molar-refractivity contribution is 0.143. The number of aliphatic hydroxyl groups excluding tert-OH is 1. The molecule has 19 heavy (non-hydrogen) atoms. The van der Waals surface area contributed by atoms with E-state index >= 15 is 0 Å². The normalized spacial score (nSPS) is 14.1. The summed E-state index contributed by atoms with van der Waals surface area (Å²) < 4.78 is 13.2. The molecule has 0 radical (unpaired) electrons. The highest BCUT2D eigenvalue weighted by Gasteiger charge is 2.21. The summed E-state index contributed by atoms with van der Waals surface area (Å²) in [6.45, 7) is 0. The third-order valence-corrected chi connectivity index (χ3v) is 3.08. The van der Waals surface area contributed by atoms with Crippen LogP contribution in [0, 0.1) is 5.82 Å². The van der Waals surface area contributed by atoms with Crippen molar-refractivity contribution in [2.24, 2.45) is 5.73 Å². The van der Waals surface area contributed by atoms with Gasteiger partial charge in [-0.05, 0) is 11.6 Å². The van der Waals surface area contributed by atoms with Crippen LogP contribution in [0.25, 0.3) is 0 Å². The van der Waals surface area contributed by atoms with Crippen molar-refractivity contribution in [2.75, 3.05) is 0 Å². The fraction of sp³-hybridized carbons (Fsp3) is 0.200. The Morgan fingerprint density at radius 3 is 2.42 bits per heavy atom. The number of halogens is 1. The average Bonchev–Trinajstić information content (AvgIpc) is 2.42. The van der Waals surface area contributed by atoms with E-state index in [0.29, 0.717) is 6.42 Å². The summed E-state index contributed by atoms with van der Waals surface area (Å²) in [6, 6.07) is 12.7. The number of aromatic hydroxyl groups is 1. The lowest BCUT2D eigenvalue weighted by Crippen LogP contribution is -2.28. The molecule has 4 N–H and O–H groups in total. The van der Waals surface area contributed by atoms with Crippen LogP contribution in [0.2, 0.25) is 0 Å². The molecule has 0 aliphatic heterocycles. The molecule has 2 atom stereocenters. The number of hydrogen-bond donors (Lipinski definition) is 3. The first-order valence-corrected chi connectivity index (χ1v) is 6.04. The molecule has 0 aliphatic rings. The molecule has 2 rings (SSSR count). The highest BCUT2D eigenvalue weighted by Crippen LogP contribution is 2.28. The largest absolute Gasteiger partial charge is 0.505 e. The van der Waals surface area contributed by atoms with Gasteiger partial charge in [-0.3, -0.25) is 0 Å². The molecule has 0 saturated heterocycles. The third-order valence-electron chi connectivity index (χ3n) is 3.08. The molecular weight excluding hydrogens is 245 g/mol. The van der Waals surface area contributed by atoms with Gasteiger partial charge in [-0.1, -0.05) is 42.5 Å². The summed E-state index contributed by atoms with van der Waals surface area (Å²) in [7, 11) is 0. The number of nitrogens with two attached hydrogens (primary N) is 1. The van der Waals surface area contributed by atoms with Gasteiger partial charge >= 0.3 is 0 Å². The zero-order valence-electron chi connectivity index (χ0n) is 10.3. The highest BCUT2D eigenvalue weighted by molar-refractivity contribution is 5.36. The molecule has 0 bridgehead atoms. The fourth-order valence-electron chi connectivity index (χ4n) is 1.99. The maximum absolute atomic E-state index is 13.2. The van der Waals surface area contributed by atoms with Gasteiger partial charge in [0.2, 0.25) is 0 Å². The highest BCUT2D eigenvalue weighted by atomic mass is 19.1. The van der Waals surface area contributed by atoms with Gasteiger partial charge in [0.1, 0.15) is 0 Å². The lowest BCUT2D eigenvalue weighted by atomic mass is 9.96. The van der Waals surface area contributed by atoms with Gasteiger partial charge in [0, 0.05) is 12.0 Å². The quantitative estimate of drug-likeness (QED) is 0.790. The second-order valence-corrected chi connectivity index (χ2v) is 4.46. The standard InChI is InChI=1S/C15H16FNO2/c16-12-8-4-7-11(15(12)19)14(17)13(18)9-10-5-2-1-3-6-10/h1-8,13-14,18-19H,9,17H2/t13-,14+/m0/s1. The molecule has 0 aliphatic carbocycles.